The summed E-state index contributed by atoms with van der Waals surface area (Å²) in [4.78, 5) is 26.2. The van der Waals surface area contributed by atoms with E-state index < -0.39 is 0 Å². The van der Waals surface area contributed by atoms with Crippen molar-refractivity contribution < 1.29 is 19.1 Å². The molecule has 0 saturated carbocycles. The first kappa shape index (κ1) is 22.8. The maximum atomic E-state index is 13.1. The Morgan fingerprint density at radius 3 is 2.62 bits per heavy atom. The van der Waals surface area contributed by atoms with Crippen LogP contribution in [0.2, 0.25) is 0 Å². The number of rotatable bonds is 9. The molecule has 0 radical (unpaired) electrons. The fraction of sp³-hybridized carbons (Fsp3) is 0.192. The highest BCUT2D eigenvalue weighted by Crippen LogP contribution is 2.27. The number of para-hydroxylation sites is 1. The molecule has 4 rings (SSSR count). The fourth-order valence-corrected chi connectivity index (χ4v) is 3.46. The van der Waals surface area contributed by atoms with Crippen LogP contribution in [0.4, 0.5) is 11.4 Å². The Kier molecular flexibility index (Phi) is 7.07. The molecular weight excluding hydrogens is 432 g/mol. The van der Waals surface area contributed by atoms with Gasteiger partial charge in [-0.2, -0.15) is 5.10 Å². The average molecular weight is 459 g/mol. The van der Waals surface area contributed by atoms with Crippen molar-refractivity contribution >= 4 is 34.1 Å². The summed E-state index contributed by atoms with van der Waals surface area (Å²) < 4.78 is 11.1. The third-order valence-electron chi connectivity index (χ3n) is 5.31. The van der Waals surface area contributed by atoms with Crippen LogP contribution in [-0.2, 0) is 0 Å². The van der Waals surface area contributed by atoms with Gasteiger partial charge in [0.25, 0.3) is 11.8 Å². The predicted octanol–water partition coefficient (Wildman–Crippen LogP) is 5.26. The van der Waals surface area contributed by atoms with Gasteiger partial charge in [-0.05, 0) is 48.9 Å². The van der Waals surface area contributed by atoms with Gasteiger partial charge in [-0.25, -0.2) is 0 Å². The molecule has 8 heteroatoms. The topological polar surface area (TPSA) is 105 Å². The van der Waals surface area contributed by atoms with Crippen molar-refractivity contribution in [3.63, 3.8) is 0 Å². The second kappa shape index (κ2) is 10.5. The summed E-state index contributed by atoms with van der Waals surface area (Å²) in [6.07, 6.45) is 3.55. The SMILES string of the molecule is CCCCOc1cc(OC)ccc1C(=O)Nc1ccccc1C(=O)Nc1ccc2cn[nH]c2c1. The van der Waals surface area contributed by atoms with E-state index >= 15 is 0 Å². The number of ether oxygens (including phenoxy) is 2. The predicted molar refractivity (Wildman–Crippen MR) is 132 cm³/mol. The molecule has 0 saturated heterocycles. The Morgan fingerprint density at radius 1 is 0.971 bits per heavy atom. The molecular formula is C26H26N4O4. The van der Waals surface area contributed by atoms with Gasteiger partial charge in [-0.15, -0.1) is 0 Å². The minimum Gasteiger partial charge on any atom is -0.497 e. The lowest BCUT2D eigenvalue weighted by Crippen LogP contribution is -2.19. The Hall–Kier alpha value is -4.33. The van der Waals surface area contributed by atoms with Gasteiger partial charge < -0.3 is 20.1 Å². The lowest BCUT2D eigenvalue weighted by Gasteiger charge is -2.15. The number of aromatic nitrogens is 2. The second-order valence-electron chi connectivity index (χ2n) is 7.69. The summed E-state index contributed by atoms with van der Waals surface area (Å²) in [7, 11) is 1.56. The van der Waals surface area contributed by atoms with Crippen LogP contribution in [0, 0.1) is 0 Å². The smallest absolute Gasteiger partial charge is 0.259 e. The molecule has 1 aromatic heterocycles. The van der Waals surface area contributed by atoms with Crippen molar-refractivity contribution in [2.75, 3.05) is 24.4 Å². The lowest BCUT2D eigenvalue weighted by atomic mass is 10.1. The van der Waals surface area contributed by atoms with Gasteiger partial charge in [0, 0.05) is 17.1 Å². The number of hydrogen-bond donors (Lipinski definition) is 3. The summed E-state index contributed by atoms with van der Waals surface area (Å²) in [6, 6.07) is 17.4. The number of unbranched alkanes of at least 4 members (excludes halogenated alkanes) is 1. The molecule has 0 unspecified atom stereocenters. The quantitative estimate of drug-likeness (QED) is 0.297. The van der Waals surface area contributed by atoms with E-state index in [1.807, 2.05) is 6.07 Å². The van der Waals surface area contributed by atoms with E-state index in [0.29, 0.717) is 40.6 Å². The molecule has 0 atom stereocenters. The molecule has 3 aromatic carbocycles. The van der Waals surface area contributed by atoms with Gasteiger partial charge in [0.2, 0.25) is 0 Å². The normalized spacial score (nSPS) is 10.6. The largest absolute Gasteiger partial charge is 0.497 e. The Morgan fingerprint density at radius 2 is 1.79 bits per heavy atom. The van der Waals surface area contributed by atoms with Crippen LogP contribution in [-0.4, -0.2) is 35.7 Å². The highest BCUT2D eigenvalue weighted by atomic mass is 16.5. The van der Waals surface area contributed by atoms with Gasteiger partial charge in [0.1, 0.15) is 11.5 Å². The summed E-state index contributed by atoms with van der Waals surface area (Å²) in [5.74, 6) is 0.300. The van der Waals surface area contributed by atoms with Gasteiger partial charge in [0.05, 0.1) is 42.2 Å². The number of benzene rings is 3. The highest BCUT2D eigenvalue weighted by Gasteiger charge is 2.18. The maximum absolute atomic E-state index is 13.1. The van der Waals surface area contributed by atoms with Crippen LogP contribution >= 0.6 is 0 Å². The summed E-state index contributed by atoms with van der Waals surface area (Å²) in [5, 5.41) is 13.5. The first-order chi connectivity index (χ1) is 16.6. The highest BCUT2D eigenvalue weighted by molar-refractivity contribution is 6.13. The first-order valence-corrected chi connectivity index (χ1v) is 11.0. The number of methoxy groups -OCH3 is 1. The van der Waals surface area contributed by atoms with E-state index in [0.717, 1.165) is 23.7 Å². The van der Waals surface area contributed by atoms with Crippen molar-refractivity contribution in [1.82, 2.24) is 10.2 Å². The molecule has 0 aliphatic rings. The monoisotopic (exact) mass is 458 g/mol. The standard InChI is InChI=1S/C26H26N4O4/c1-3-4-13-34-24-15-19(33-2)11-12-21(24)26(32)29-22-8-6-5-7-20(22)25(31)28-18-10-9-17-16-27-30-23(17)14-18/h5-12,14-16H,3-4,13H2,1-2H3,(H,27,30)(H,28,31)(H,29,32). The molecule has 174 valence electrons. The summed E-state index contributed by atoms with van der Waals surface area (Å²) in [5.41, 5.74) is 2.52. The third-order valence-corrected chi connectivity index (χ3v) is 5.31. The number of amides is 2. The van der Waals surface area contributed by atoms with E-state index in [1.165, 1.54) is 0 Å². The van der Waals surface area contributed by atoms with Gasteiger partial charge in [-0.3, -0.25) is 14.7 Å². The van der Waals surface area contributed by atoms with Crippen LogP contribution in [0.15, 0.2) is 66.9 Å². The zero-order valence-electron chi connectivity index (χ0n) is 19.1. The number of carbonyl (C=O) groups is 2. The van der Waals surface area contributed by atoms with Crippen molar-refractivity contribution in [3.05, 3.63) is 78.0 Å². The zero-order chi connectivity index (χ0) is 23.9. The third kappa shape index (κ3) is 5.17. The van der Waals surface area contributed by atoms with Crippen molar-refractivity contribution in [2.45, 2.75) is 19.8 Å². The molecule has 0 aliphatic carbocycles. The van der Waals surface area contributed by atoms with E-state index in [9.17, 15) is 9.59 Å². The zero-order valence-corrected chi connectivity index (χ0v) is 19.1. The molecule has 0 spiro atoms. The maximum Gasteiger partial charge on any atom is 0.259 e. The molecule has 0 aliphatic heterocycles. The Bertz CT molecular complexity index is 1320. The van der Waals surface area contributed by atoms with Crippen molar-refractivity contribution in [3.8, 4) is 11.5 Å². The number of H-pyrrole nitrogens is 1. The summed E-state index contributed by atoms with van der Waals surface area (Å²) in [6.45, 7) is 2.56. The average Bonchev–Trinajstić information content (AvgIpc) is 3.32. The molecule has 0 fully saturated rings. The molecule has 1 heterocycles. The number of fused-ring (bicyclic) bond motifs is 1. The number of hydrogen-bond acceptors (Lipinski definition) is 5. The Labute approximate surface area is 197 Å². The van der Waals surface area contributed by atoms with Crippen molar-refractivity contribution in [1.29, 1.82) is 0 Å². The van der Waals surface area contributed by atoms with Gasteiger partial charge in [-0.1, -0.05) is 25.5 Å². The van der Waals surface area contributed by atoms with E-state index in [-0.39, 0.29) is 11.8 Å². The van der Waals surface area contributed by atoms with Crippen LogP contribution in [0.25, 0.3) is 10.9 Å². The van der Waals surface area contributed by atoms with Crippen LogP contribution in [0.3, 0.4) is 0 Å². The number of nitrogens with zero attached hydrogens (tertiary/aromatic N) is 1. The van der Waals surface area contributed by atoms with Gasteiger partial charge in [0.15, 0.2) is 0 Å². The lowest BCUT2D eigenvalue weighted by molar-refractivity contribution is 0.102. The fourth-order valence-electron chi connectivity index (χ4n) is 3.46. The van der Waals surface area contributed by atoms with E-state index in [4.69, 9.17) is 9.47 Å². The van der Waals surface area contributed by atoms with Crippen LogP contribution < -0.4 is 20.1 Å². The molecule has 34 heavy (non-hydrogen) atoms. The minimum absolute atomic E-state index is 0.336. The number of anilines is 2. The van der Waals surface area contributed by atoms with E-state index in [2.05, 4.69) is 27.8 Å². The van der Waals surface area contributed by atoms with Crippen LogP contribution in [0.1, 0.15) is 40.5 Å². The molecule has 8 nitrogen and oxygen atoms in total. The van der Waals surface area contributed by atoms with E-state index in [1.54, 1.807) is 67.9 Å². The Balaban J connectivity index is 1.54. The second-order valence-corrected chi connectivity index (χ2v) is 7.69. The molecule has 3 N–H and O–H groups in total. The van der Waals surface area contributed by atoms with Crippen molar-refractivity contribution in [2.24, 2.45) is 0 Å². The molecule has 0 bridgehead atoms. The number of nitrogens with one attached hydrogen (secondary N) is 3. The van der Waals surface area contributed by atoms with Crippen LogP contribution in [0.5, 0.6) is 11.5 Å². The van der Waals surface area contributed by atoms with Gasteiger partial charge >= 0.3 is 0 Å². The molecule has 2 amide bonds. The molecule has 4 aromatic rings. The minimum atomic E-state index is -0.381. The summed E-state index contributed by atoms with van der Waals surface area (Å²) >= 11 is 0. The first-order valence-electron chi connectivity index (χ1n) is 11.0. The number of carbonyl (C=O) groups excluding carboxylic acids is 2. The number of aromatic amines is 1.